The van der Waals surface area contributed by atoms with Crippen molar-refractivity contribution in [2.75, 3.05) is 19.0 Å². The van der Waals surface area contributed by atoms with Gasteiger partial charge in [0.1, 0.15) is 0 Å². The van der Waals surface area contributed by atoms with Crippen molar-refractivity contribution >= 4 is 45.1 Å². The zero-order valence-corrected chi connectivity index (χ0v) is 16.1. The number of halogens is 2. The van der Waals surface area contributed by atoms with Crippen LogP contribution in [0.15, 0.2) is 34.8 Å². The van der Waals surface area contributed by atoms with E-state index in [1.165, 1.54) is 19.2 Å². The predicted molar refractivity (Wildman–Crippen MR) is 101 cm³/mol. The summed E-state index contributed by atoms with van der Waals surface area (Å²) in [6.07, 6.45) is 0. The molecule has 0 radical (unpaired) electrons. The molecular formula is C17H16BrClN2O5. The summed E-state index contributed by atoms with van der Waals surface area (Å²) in [5, 5.41) is 12.4. The van der Waals surface area contributed by atoms with Gasteiger partial charge in [-0.1, -0.05) is 11.6 Å². The van der Waals surface area contributed by atoms with Crippen LogP contribution < -0.4 is 20.5 Å². The topological polar surface area (TPSA) is 111 Å². The van der Waals surface area contributed by atoms with E-state index in [9.17, 15) is 9.59 Å². The van der Waals surface area contributed by atoms with Crippen molar-refractivity contribution in [3.05, 3.63) is 51.0 Å². The molecule has 1 amide bonds. The van der Waals surface area contributed by atoms with Crippen LogP contribution in [0.4, 0.5) is 5.69 Å². The molecule has 4 N–H and O–H groups in total. The predicted octanol–water partition coefficient (Wildman–Crippen LogP) is 3.29. The number of methoxy groups -OCH3 is 1. The lowest BCUT2D eigenvalue weighted by Gasteiger charge is -2.14. The van der Waals surface area contributed by atoms with Crippen molar-refractivity contribution < 1.29 is 24.2 Å². The van der Waals surface area contributed by atoms with Crippen LogP contribution in [0.5, 0.6) is 11.5 Å². The molecule has 0 spiro atoms. The Morgan fingerprint density at radius 1 is 1.31 bits per heavy atom. The van der Waals surface area contributed by atoms with Crippen molar-refractivity contribution in [2.45, 2.75) is 6.54 Å². The normalized spacial score (nSPS) is 10.3. The van der Waals surface area contributed by atoms with E-state index < -0.39 is 11.9 Å². The number of amides is 1. The maximum Gasteiger partial charge on any atom is 0.337 e. The number of nitrogens with one attached hydrogen (secondary N) is 1. The fourth-order valence-electron chi connectivity index (χ4n) is 2.16. The molecule has 0 saturated heterocycles. The highest BCUT2D eigenvalue weighted by Crippen LogP contribution is 2.37. The number of hydrogen-bond acceptors (Lipinski definition) is 5. The monoisotopic (exact) mass is 442 g/mol. The van der Waals surface area contributed by atoms with E-state index in [0.29, 0.717) is 28.2 Å². The Morgan fingerprint density at radius 2 is 2.04 bits per heavy atom. The Labute approximate surface area is 163 Å². The molecule has 7 nitrogen and oxygen atoms in total. The number of carbonyl (C=O) groups excluding carboxylic acids is 1. The molecule has 26 heavy (non-hydrogen) atoms. The number of carboxylic acid groups (broad SMARTS) is 1. The van der Waals surface area contributed by atoms with Crippen LogP contribution in [0.25, 0.3) is 0 Å². The highest BCUT2D eigenvalue weighted by Gasteiger charge is 2.13. The molecule has 0 atom stereocenters. The van der Waals surface area contributed by atoms with Gasteiger partial charge in [0.05, 0.1) is 22.2 Å². The maximum atomic E-state index is 11.1. The first kappa shape index (κ1) is 19.9. The second kappa shape index (κ2) is 8.77. The molecule has 0 heterocycles. The van der Waals surface area contributed by atoms with Gasteiger partial charge in [0.25, 0.3) is 5.91 Å². The van der Waals surface area contributed by atoms with Crippen molar-refractivity contribution in [2.24, 2.45) is 5.73 Å². The fraction of sp³-hybridized carbons (Fsp3) is 0.176. The highest BCUT2D eigenvalue weighted by molar-refractivity contribution is 9.10. The molecule has 0 aliphatic rings. The maximum absolute atomic E-state index is 11.1. The van der Waals surface area contributed by atoms with Crippen LogP contribution in [-0.2, 0) is 11.3 Å². The smallest absolute Gasteiger partial charge is 0.337 e. The van der Waals surface area contributed by atoms with E-state index in [2.05, 4.69) is 21.2 Å². The molecule has 0 fully saturated rings. The number of carbonyl (C=O) groups is 2. The third-order valence-corrected chi connectivity index (χ3v) is 4.26. The lowest BCUT2D eigenvalue weighted by molar-refractivity contribution is -0.119. The summed E-state index contributed by atoms with van der Waals surface area (Å²) in [7, 11) is 1.48. The Hall–Kier alpha value is -2.45. The minimum atomic E-state index is -1.10. The van der Waals surface area contributed by atoms with Gasteiger partial charge in [-0.15, -0.1) is 0 Å². The average molecular weight is 444 g/mol. The van der Waals surface area contributed by atoms with Crippen molar-refractivity contribution in [3.8, 4) is 11.5 Å². The molecule has 0 unspecified atom stereocenters. The standard InChI is InChI=1S/C17H16BrClN2O5/c1-25-14-5-9(4-12(18)16(14)26-8-15(20)22)7-21-10-2-3-13(19)11(6-10)17(23)24/h2-6,21H,7-8H2,1H3,(H2,20,22)(H,23,24). The Bertz CT molecular complexity index is 844. The average Bonchev–Trinajstić information content (AvgIpc) is 2.59. The number of hydrogen-bond donors (Lipinski definition) is 3. The van der Waals surface area contributed by atoms with Gasteiger partial charge >= 0.3 is 5.97 Å². The summed E-state index contributed by atoms with van der Waals surface area (Å²) >= 11 is 9.24. The molecule has 9 heteroatoms. The molecule has 0 aliphatic heterocycles. The van der Waals surface area contributed by atoms with E-state index in [0.717, 1.165) is 5.56 Å². The third kappa shape index (κ3) is 5.03. The molecule has 0 aromatic heterocycles. The Balaban J connectivity index is 2.17. The summed E-state index contributed by atoms with van der Waals surface area (Å²) in [6, 6.07) is 8.19. The fourth-order valence-corrected chi connectivity index (χ4v) is 2.96. The van der Waals surface area contributed by atoms with Crippen LogP contribution in [0.2, 0.25) is 5.02 Å². The summed E-state index contributed by atoms with van der Waals surface area (Å²) in [5.41, 5.74) is 6.55. The molecular weight excluding hydrogens is 428 g/mol. The van der Waals surface area contributed by atoms with Gasteiger partial charge in [-0.25, -0.2) is 4.79 Å². The van der Waals surface area contributed by atoms with Crippen LogP contribution in [0.3, 0.4) is 0 Å². The molecule has 138 valence electrons. The van der Waals surface area contributed by atoms with Gasteiger partial charge < -0.3 is 25.6 Å². The molecule has 2 rings (SSSR count). The van der Waals surface area contributed by atoms with Gasteiger partial charge in [-0.05, 0) is 51.8 Å². The Morgan fingerprint density at radius 3 is 2.65 bits per heavy atom. The van der Waals surface area contributed by atoms with Gasteiger partial charge in [0.15, 0.2) is 18.1 Å². The van der Waals surface area contributed by atoms with E-state index in [-0.39, 0.29) is 17.2 Å². The van der Waals surface area contributed by atoms with E-state index in [1.54, 1.807) is 18.2 Å². The van der Waals surface area contributed by atoms with E-state index in [4.69, 9.17) is 31.9 Å². The number of primary amides is 1. The van der Waals surface area contributed by atoms with E-state index in [1.807, 2.05) is 0 Å². The number of benzene rings is 2. The summed E-state index contributed by atoms with van der Waals surface area (Å²) in [4.78, 5) is 22.0. The van der Waals surface area contributed by atoms with Crippen LogP contribution in [0, 0.1) is 0 Å². The van der Waals surface area contributed by atoms with Crippen molar-refractivity contribution in [1.29, 1.82) is 0 Å². The summed E-state index contributed by atoms with van der Waals surface area (Å²) in [6.45, 7) is 0.126. The highest BCUT2D eigenvalue weighted by atomic mass is 79.9. The number of carboxylic acids is 1. The number of ether oxygens (including phenoxy) is 2. The van der Waals surface area contributed by atoms with Gasteiger partial charge in [-0.3, -0.25) is 4.79 Å². The van der Waals surface area contributed by atoms with Crippen LogP contribution >= 0.6 is 27.5 Å². The SMILES string of the molecule is COc1cc(CNc2ccc(Cl)c(C(=O)O)c2)cc(Br)c1OCC(N)=O. The number of rotatable bonds is 8. The first-order valence-corrected chi connectivity index (χ1v) is 8.53. The van der Waals surface area contributed by atoms with Gasteiger partial charge in [0.2, 0.25) is 0 Å². The minimum absolute atomic E-state index is 0.0191. The zero-order valence-electron chi connectivity index (χ0n) is 13.7. The van der Waals surface area contributed by atoms with Gasteiger partial charge in [0, 0.05) is 12.2 Å². The number of aromatic carboxylic acids is 1. The lowest BCUT2D eigenvalue weighted by atomic mass is 10.1. The number of nitrogens with two attached hydrogens (primary N) is 1. The summed E-state index contributed by atoms with van der Waals surface area (Å²) in [5.74, 6) is -0.893. The summed E-state index contributed by atoms with van der Waals surface area (Å²) < 4.78 is 11.2. The molecule has 0 aliphatic carbocycles. The largest absolute Gasteiger partial charge is 0.493 e. The molecule has 2 aromatic rings. The first-order chi connectivity index (χ1) is 12.3. The molecule has 2 aromatic carbocycles. The second-order valence-corrected chi connectivity index (χ2v) is 6.48. The Kier molecular flexibility index (Phi) is 6.70. The van der Waals surface area contributed by atoms with Crippen LogP contribution in [-0.4, -0.2) is 30.7 Å². The van der Waals surface area contributed by atoms with Crippen LogP contribution in [0.1, 0.15) is 15.9 Å². The van der Waals surface area contributed by atoms with Crippen molar-refractivity contribution in [3.63, 3.8) is 0 Å². The minimum Gasteiger partial charge on any atom is -0.493 e. The van der Waals surface area contributed by atoms with E-state index >= 15 is 0 Å². The molecule has 0 bridgehead atoms. The zero-order chi connectivity index (χ0) is 19.3. The first-order valence-electron chi connectivity index (χ1n) is 7.36. The number of anilines is 1. The quantitative estimate of drug-likeness (QED) is 0.577. The van der Waals surface area contributed by atoms with Crippen molar-refractivity contribution in [1.82, 2.24) is 0 Å². The second-order valence-electron chi connectivity index (χ2n) is 5.22. The third-order valence-electron chi connectivity index (χ3n) is 3.34. The lowest BCUT2D eigenvalue weighted by Crippen LogP contribution is -2.20. The van der Waals surface area contributed by atoms with Gasteiger partial charge in [-0.2, -0.15) is 0 Å². The molecule has 0 saturated carbocycles.